The summed E-state index contributed by atoms with van der Waals surface area (Å²) in [4.78, 5) is 9.12. The van der Waals surface area contributed by atoms with Crippen molar-refractivity contribution >= 4 is 11.8 Å². The van der Waals surface area contributed by atoms with E-state index in [0.29, 0.717) is 5.56 Å². The maximum absolute atomic E-state index is 13.6. The van der Waals surface area contributed by atoms with Gasteiger partial charge < -0.3 is 5.73 Å². The number of nitrogens with two attached hydrogens (primary N) is 1. The molecule has 0 aliphatic rings. The van der Waals surface area contributed by atoms with E-state index in [9.17, 15) is 4.39 Å². The third-order valence-corrected chi connectivity index (χ3v) is 3.53. The van der Waals surface area contributed by atoms with Crippen molar-refractivity contribution in [2.24, 2.45) is 5.73 Å². The van der Waals surface area contributed by atoms with E-state index in [1.54, 1.807) is 31.6 Å². The first kappa shape index (κ1) is 13.0. The molecule has 0 saturated heterocycles. The normalized spacial score (nSPS) is 12.4. The molecule has 0 radical (unpaired) electrons. The highest BCUT2D eigenvalue weighted by Gasteiger charge is 2.12. The molecule has 2 rings (SSSR count). The van der Waals surface area contributed by atoms with Gasteiger partial charge in [0.25, 0.3) is 0 Å². The van der Waals surface area contributed by atoms with Crippen LogP contribution in [-0.2, 0) is 0 Å². The van der Waals surface area contributed by atoms with Crippen LogP contribution in [0.2, 0.25) is 0 Å². The summed E-state index contributed by atoms with van der Waals surface area (Å²) in [5.41, 5.74) is 7.26. The Hall–Kier alpha value is -1.46. The van der Waals surface area contributed by atoms with E-state index < -0.39 is 0 Å². The van der Waals surface area contributed by atoms with Crippen molar-refractivity contribution in [3.8, 4) is 0 Å². The van der Waals surface area contributed by atoms with Gasteiger partial charge in [-0.2, -0.15) is 0 Å². The van der Waals surface area contributed by atoms with Crippen LogP contribution in [0.25, 0.3) is 0 Å². The van der Waals surface area contributed by atoms with E-state index in [1.165, 1.54) is 17.8 Å². The number of aromatic nitrogens is 2. The van der Waals surface area contributed by atoms with Crippen LogP contribution in [0.1, 0.15) is 24.1 Å². The predicted molar refractivity (Wildman–Crippen MR) is 69.9 cm³/mol. The molecule has 1 aromatic carbocycles. The Labute approximate surface area is 110 Å². The summed E-state index contributed by atoms with van der Waals surface area (Å²) in [5.74, 6) is -0.231. The Bertz CT molecular complexity index is 543. The summed E-state index contributed by atoms with van der Waals surface area (Å²) >= 11 is 1.45. The molecule has 0 aliphatic heterocycles. The molecule has 94 valence electrons. The van der Waals surface area contributed by atoms with Crippen molar-refractivity contribution in [3.63, 3.8) is 0 Å². The second kappa shape index (κ2) is 5.46. The van der Waals surface area contributed by atoms with Gasteiger partial charge in [0.05, 0.1) is 6.20 Å². The average molecular weight is 263 g/mol. The first-order valence-electron chi connectivity index (χ1n) is 5.57. The van der Waals surface area contributed by atoms with Crippen molar-refractivity contribution in [1.82, 2.24) is 9.97 Å². The summed E-state index contributed by atoms with van der Waals surface area (Å²) in [6.07, 6.45) is 4.92. The highest BCUT2D eigenvalue weighted by molar-refractivity contribution is 7.99. The van der Waals surface area contributed by atoms with Crippen LogP contribution in [0.5, 0.6) is 0 Å². The highest BCUT2D eigenvalue weighted by atomic mass is 32.2. The molecule has 2 aromatic rings. The Balaban J connectivity index is 2.40. The quantitative estimate of drug-likeness (QED) is 0.924. The lowest BCUT2D eigenvalue weighted by atomic mass is 10.1. The molecule has 18 heavy (non-hydrogen) atoms. The van der Waals surface area contributed by atoms with Gasteiger partial charge in [0, 0.05) is 23.3 Å². The minimum Gasteiger partial charge on any atom is -0.324 e. The van der Waals surface area contributed by atoms with Crippen molar-refractivity contribution in [3.05, 3.63) is 47.7 Å². The number of rotatable bonds is 3. The van der Waals surface area contributed by atoms with E-state index in [-0.39, 0.29) is 11.9 Å². The number of hydrogen-bond donors (Lipinski definition) is 1. The van der Waals surface area contributed by atoms with Crippen LogP contribution in [0.15, 0.2) is 40.6 Å². The van der Waals surface area contributed by atoms with Gasteiger partial charge in [-0.1, -0.05) is 11.8 Å². The van der Waals surface area contributed by atoms with Crippen molar-refractivity contribution in [2.45, 2.75) is 29.8 Å². The second-order valence-electron chi connectivity index (χ2n) is 4.07. The minimum atomic E-state index is -0.231. The Morgan fingerprint density at radius 3 is 2.72 bits per heavy atom. The lowest BCUT2D eigenvalue weighted by Gasteiger charge is -2.13. The molecule has 0 aliphatic carbocycles. The Morgan fingerprint density at radius 1 is 1.33 bits per heavy atom. The van der Waals surface area contributed by atoms with Crippen LogP contribution in [0.4, 0.5) is 4.39 Å². The number of hydrogen-bond acceptors (Lipinski definition) is 4. The lowest BCUT2D eigenvalue weighted by Crippen LogP contribution is -2.07. The molecule has 0 bridgehead atoms. The fourth-order valence-electron chi connectivity index (χ4n) is 1.57. The van der Waals surface area contributed by atoms with Gasteiger partial charge in [0.15, 0.2) is 0 Å². The zero-order chi connectivity index (χ0) is 13.1. The highest BCUT2D eigenvalue weighted by Crippen LogP contribution is 2.33. The summed E-state index contributed by atoms with van der Waals surface area (Å²) in [5, 5.41) is 0.769. The summed E-state index contributed by atoms with van der Waals surface area (Å²) in [7, 11) is 0. The minimum absolute atomic E-state index is 0.223. The maximum atomic E-state index is 13.6. The third-order valence-electron chi connectivity index (χ3n) is 2.54. The van der Waals surface area contributed by atoms with Gasteiger partial charge in [-0.25, -0.2) is 9.37 Å². The number of halogens is 1. The van der Waals surface area contributed by atoms with Gasteiger partial charge in [-0.15, -0.1) is 0 Å². The molecule has 0 fully saturated rings. The molecular weight excluding hydrogens is 249 g/mol. The number of aryl methyl sites for hydroxylation is 1. The topological polar surface area (TPSA) is 51.8 Å². The monoisotopic (exact) mass is 263 g/mol. The lowest BCUT2D eigenvalue weighted by molar-refractivity contribution is 0.610. The second-order valence-corrected chi connectivity index (χ2v) is 5.14. The Morgan fingerprint density at radius 2 is 2.11 bits per heavy atom. The molecular formula is C13H14FN3S. The molecule has 0 saturated carbocycles. The molecule has 5 heteroatoms. The molecule has 1 aromatic heterocycles. The van der Waals surface area contributed by atoms with Crippen LogP contribution in [-0.4, -0.2) is 9.97 Å². The predicted octanol–water partition coefficient (Wildman–Crippen LogP) is 3.10. The molecule has 1 heterocycles. The van der Waals surface area contributed by atoms with E-state index in [1.807, 2.05) is 6.92 Å². The molecule has 0 spiro atoms. The van der Waals surface area contributed by atoms with Crippen LogP contribution >= 0.6 is 11.8 Å². The standard InChI is InChI=1S/C13H14FN3S/c1-8-5-12(10(9(2)15)6-11(8)14)18-13-7-16-3-4-17-13/h3-7,9H,15H2,1-2H3/t9-/m1/s1. The average Bonchev–Trinajstić information content (AvgIpc) is 2.34. The SMILES string of the molecule is Cc1cc(Sc2cnccn2)c([C@@H](C)N)cc1F. The molecule has 2 N–H and O–H groups in total. The van der Waals surface area contributed by atoms with Crippen molar-refractivity contribution < 1.29 is 4.39 Å². The number of nitrogens with zero attached hydrogens (tertiary/aromatic N) is 2. The fourth-order valence-corrected chi connectivity index (χ4v) is 2.62. The van der Waals surface area contributed by atoms with E-state index in [4.69, 9.17) is 5.73 Å². The van der Waals surface area contributed by atoms with Crippen molar-refractivity contribution in [1.29, 1.82) is 0 Å². The van der Waals surface area contributed by atoms with E-state index in [2.05, 4.69) is 9.97 Å². The van der Waals surface area contributed by atoms with Gasteiger partial charge in [-0.3, -0.25) is 4.98 Å². The summed E-state index contributed by atoms with van der Waals surface area (Å²) < 4.78 is 13.6. The zero-order valence-corrected chi connectivity index (χ0v) is 11.0. The Kier molecular flexibility index (Phi) is 3.93. The smallest absolute Gasteiger partial charge is 0.126 e. The van der Waals surface area contributed by atoms with Crippen LogP contribution < -0.4 is 5.73 Å². The summed E-state index contributed by atoms with van der Waals surface area (Å²) in [6.45, 7) is 3.58. The molecule has 0 amide bonds. The first-order chi connectivity index (χ1) is 8.58. The van der Waals surface area contributed by atoms with Gasteiger partial charge in [-0.05, 0) is 37.1 Å². The van der Waals surface area contributed by atoms with Crippen LogP contribution in [0, 0.1) is 12.7 Å². The van der Waals surface area contributed by atoms with Crippen molar-refractivity contribution in [2.75, 3.05) is 0 Å². The fraction of sp³-hybridized carbons (Fsp3) is 0.231. The summed E-state index contributed by atoms with van der Waals surface area (Å²) in [6, 6.07) is 3.07. The third kappa shape index (κ3) is 2.86. The van der Waals surface area contributed by atoms with Gasteiger partial charge in [0.2, 0.25) is 0 Å². The zero-order valence-electron chi connectivity index (χ0n) is 10.2. The first-order valence-corrected chi connectivity index (χ1v) is 6.39. The molecule has 0 unspecified atom stereocenters. The van der Waals surface area contributed by atoms with Gasteiger partial charge in [0.1, 0.15) is 10.8 Å². The van der Waals surface area contributed by atoms with E-state index >= 15 is 0 Å². The van der Waals surface area contributed by atoms with Crippen LogP contribution in [0.3, 0.4) is 0 Å². The maximum Gasteiger partial charge on any atom is 0.126 e. The number of benzene rings is 1. The van der Waals surface area contributed by atoms with E-state index in [0.717, 1.165) is 15.5 Å². The molecule has 1 atom stereocenters. The largest absolute Gasteiger partial charge is 0.324 e. The van der Waals surface area contributed by atoms with Gasteiger partial charge >= 0.3 is 0 Å². The molecule has 3 nitrogen and oxygen atoms in total.